The molecule has 2 amide bonds. The Labute approximate surface area is 123 Å². The van der Waals surface area contributed by atoms with Crippen LogP contribution < -0.4 is 5.32 Å². The molecule has 1 fully saturated rings. The van der Waals surface area contributed by atoms with Gasteiger partial charge in [-0.2, -0.15) is 0 Å². The number of hydrogen-bond donors (Lipinski definition) is 1. The molecule has 0 spiro atoms. The molecule has 2 heterocycles. The van der Waals surface area contributed by atoms with Gasteiger partial charge in [0, 0.05) is 19.6 Å². The summed E-state index contributed by atoms with van der Waals surface area (Å²) in [6, 6.07) is -0.0631. The summed E-state index contributed by atoms with van der Waals surface area (Å²) in [6.45, 7) is 8.41. The summed E-state index contributed by atoms with van der Waals surface area (Å²) in [5.41, 5.74) is 1.01. The molecule has 1 aliphatic heterocycles. The Bertz CT molecular complexity index is 526. The highest BCUT2D eigenvalue weighted by Gasteiger charge is 2.24. The first-order valence-electron chi connectivity index (χ1n) is 7.17. The summed E-state index contributed by atoms with van der Waals surface area (Å²) in [5.74, 6) is -0.363. The van der Waals surface area contributed by atoms with Gasteiger partial charge in [0.1, 0.15) is 0 Å². The predicted molar refractivity (Wildman–Crippen MR) is 75.0 cm³/mol. The number of urea groups is 1. The Morgan fingerprint density at radius 2 is 2.19 bits per heavy atom. The molecule has 1 N–H and O–H groups in total. The SMILES string of the molecule is CCOC(=O)c1nnn(CCN2CCNC2=O)c1C(C)C. The molecule has 116 valence electrons. The van der Waals surface area contributed by atoms with E-state index in [4.69, 9.17) is 4.74 Å². The van der Waals surface area contributed by atoms with Crippen molar-refractivity contribution in [1.82, 2.24) is 25.2 Å². The monoisotopic (exact) mass is 295 g/mol. The van der Waals surface area contributed by atoms with E-state index in [1.54, 1.807) is 16.5 Å². The average Bonchev–Trinajstić information content (AvgIpc) is 3.02. The van der Waals surface area contributed by atoms with Crippen LogP contribution in [0.1, 0.15) is 42.9 Å². The van der Waals surface area contributed by atoms with E-state index >= 15 is 0 Å². The summed E-state index contributed by atoms with van der Waals surface area (Å²) < 4.78 is 6.68. The van der Waals surface area contributed by atoms with E-state index in [0.717, 1.165) is 5.69 Å². The molecule has 0 atom stereocenters. The van der Waals surface area contributed by atoms with Crippen LogP contribution in [0.3, 0.4) is 0 Å². The third kappa shape index (κ3) is 3.32. The maximum Gasteiger partial charge on any atom is 0.360 e. The quantitative estimate of drug-likeness (QED) is 0.776. The number of esters is 1. The van der Waals surface area contributed by atoms with Crippen LogP contribution in [0.4, 0.5) is 4.79 Å². The Morgan fingerprint density at radius 1 is 1.43 bits per heavy atom. The fourth-order valence-electron chi connectivity index (χ4n) is 2.34. The number of nitrogens with zero attached hydrogens (tertiary/aromatic N) is 4. The number of aromatic nitrogens is 3. The summed E-state index contributed by atoms with van der Waals surface area (Å²) in [7, 11) is 0. The summed E-state index contributed by atoms with van der Waals surface area (Å²) in [5, 5.41) is 10.7. The highest BCUT2D eigenvalue weighted by Crippen LogP contribution is 2.18. The van der Waals surface area contributed by atoms with Crippen molar-refractivity contribution in [2.24, 2.45) is 0 Å². The smallest absolute Gasteiger partial charge is 0.360 e. The first kappa shape index (κ1) is 15.3. The highest BCUT2D eigenvalue weighted by molar-refractivity contribution is 5.88. The average molecular weight is 295 g/mol. The minimum Gasteiger partial charge on any atom is -0.461 e. The van der Waals surface area contributed by atoms with Crippen LogP contribution in [0.2, 0.25) is 0 Å². The molecule has 2 rings (SSSR count). The number of ether oxygens (including phenoxy) is 1. The molecule has 0 aliphatic carbocycles. The van der Waals surface area contributed by atoms with Crippen molar-refractivity contribution >= 4 is 12.0 Å². The first-order chi connectivity index (χ1) is 10.0. The molecule has 0 bridgehead atoms. The van der Waals surface area contributed by atoms with Gasteiger partial charge in [-0.1, -0.05) is 19.1 Å². The van der Waals surface area contributed by atoms with E-state index in [1.165, 1.54) is 0 Å². The van der Waals surface area contributed by atoms with Crippen molar-refractivity contribution in [1.29, 1.82) is 0 Å². The fourth-order valence-corrected chi connectivity index (χ4v) is 2.34. The van der Waals surface area contributed by atoms with Crippen molar-refractivity contribution in [3.63, 3.8) is 0 Å². The van der Waals surface area contributed by atoms with Crippen molar-refractivity contribution in [2.75, 3.05) is 26.2 Å². The third-order valence-corrected chi connectivity index (χ3v) is 3.32. The number of nitrogens with one attached hydrogen (secondary N) is 1. The van der Waals surface area contributed by atoms with Gasteiger partial charge in [-0.3, -0.25) is 0 Å². The fraction of sp³-hybridized carbons (Fsp3) is 0.692. The van der Waals surface area contributed by atoms with Crippen LogP contribution in [0.5, 0.6) is 0 Å². The Morgan fingerprint density at radius 3 is 2.76 bits per heavy atom. The predicted octanol–water partition coefficient (Wildman–Crippen LogP) is 0.603. The lowest BCUT2D eigenvalue weighted by molar-refractivity contribution is 0.0517. The number of amides is 2. The molecule has 0 saturated carbocycles. The van der Waals surface area contributed by atoms with Gasteiger partial charge in [-0.25, -0.2) is 14.3 Å². The lowest BCUT2D eigenvalue weighted by atomic mass is 10.1. The second kappa shape index (κ2) is 6.55. The molecule has 0 unspecified atom stereocenters. The van der Waals surface area contributed by atoms with Gasteiger partial charge in [0.2, 0.25) is 0 Å². The number of carbonyl (C=O) groups excluding carboxylic acids is 2. The minimum atomic E-state index is -0.452. The van der Waals surface area contributed by atoms with E-state index in [1.807, 2.05) is 13.8 Å². The summed E-state index contributed by atoms with van der Waals surface area (Å²) in [6.07, 6.45) is 0. The van der Waals surface area contributed by atoms with Gasteiger partial charge in [0.05, 0.1) is 18.8 Å². The molecule has 1 aromatic rings. The lowest BCUT2D eigenvalue weighted by Gasteiger charge is -2.16. The van der Waals surface area contributed by atoms with Gasteiger partial charge < -0.3 is 15.0 Å². The van der Waals surface area contributed by atoms with E-state index in [-0.39, 0.29) is 17.6 Å². The normalized spacial score (nSPS) is 14.7. The number of carbonyl (C=O) groups is 2. The maximum atomic E-state index is 11.9. The zero-order valence-electron chi connectivity index (χ0n) is 12.6. The van der Waals surface area contributed by atoms with E-state index in [2.05, 4.69) is 15.6 Å². The third-order valence-electron chi connectivity index (χ3n) is 3.32. The van der Waals surface area contributed by atoms with Gasteiger partial charge in [-0.15, -0.1) is 5.10 Å². The largest absolute Gasteiger partial charge is 0.461 e. The van der Waals surface area contributed by atoms with Crippen molar-refractivity contribution in [2.45, 2.75) is 33.2 Å². The minimum absolute atomic E-state index is 0.0631. The molecule has 1 aromatic heterocycles. The zero-order chi connectivity index (χ0) is 15.4. The summed E-state index contributed by atoms with van der Waals surface area (Å²) in [4.78, 5) is 25.1. The van der Waals surface area contributed by atoms with Gasteiger partial charge >= 0.3 is 12.0 Å². The molecular weight excluding hydrogens is 274 g/mol. The lowest BCUT2D eigenvalue weighted by Crippen LogP contribution is -2.31. The molecule has 0 radical (unpaired) electrons. The van der Waals surface area contributed by atoms with Crippen LogP contribution >= 0.6 is 0 Å². The Balaban J connectivity index is 2.12. The summed E-state index contributed by atoms with van der Waals surface area (Å²) >= 11 is 0. The van der Waals surface area contributed by atoms with Crippen molar-refractivity contribution in [3.8, 4) is 0 Å². The van der Waals surface area contributed by atoms with E-state index in [9.17, 15) is 9.59 Å². The Kier molecular flexibility index (Phi) is 4.77. The molecule has 8 nitrogen and oxygen atoms in total. The van der Waals surface area contributed by atoms with Gasteiger partial charge in [-0.05, 0) is 12.8 Å². The molecule has 1 saturated heterocycles. The van der Waals surface area contributed by atoms with Crippen LogP contribution in [-0.2, 0) is 11.3 Å². The number of rotatable bonds is 6. The van der Waals surface area contributed by atoms with Crippen LogP contribution in [-0.4, -0.2) is 58.1 Å². The first-order valence-corrected chi connectivity index (χ1v) is 7.17. The molecular formula is C13H21N5O3. The topological polar surface area (TPSA) is 89.3 Å². The second-order valence-electron chi connectivity index (χ2n) is 5.14. The van der Waals surface area contributed by atoms with Crippen LogP contribution in [0.25, 0.3) is 0 Å². The molecule has 1 aliphatic rings. The van der Waals surface area contributed by atoms with Crippen molar-refractivity contribution in [3.05, 3.63) is 11.4 Å². The van der Waals surface area contributed by atoms with E-state index in [0.29, 0.717) is 32.8 Å². The Hall–Kier alpha value is -2.12. The number of hydrogen-bond acceptors (Lipinski definition) is 5. The van der Waals surface area contributed by atoms with E-state index < -0.39 is 5.97 Å². The molecule has 8 heteroatoms. The molecule has 0 aromatic carbocycles. The standard InChI is InChI=1S/C13H21N5O3/c1-4-21-12(19)10-11(9(2)3)18(16-15-10)8-7-17-6-5-14-13(17)20/h9H,4-8H2,1-3H3,(H,14,20). The molecule has 21 heavy (non-hydrogen) atoms. The second-order valence-corrected chi connectivity index (χ2v) is 5.14. The van der Waals surface area contributed by atoms with Gasteiger partial charge in [0.25, 0.3) is 0 Å². The zero-order valence-corrected chi connectivity index (χ0v) is 12.6. The highest BCUT2D eigenvalue weighted by atomic mass is 16.5. The maximum absolute atomic E-state index is 11.9. The van der Waals surface area contributed by atoms with Crippen LogP contribution in [0, 0.1) is 0 Å². The van der Waals surface area contributed by atoms with Gasteiger partial charge in [0.15, 0.2) is 5.69 Å². The van der Waals surface area contributed by atoms with Crippen molar-refractivity contribution < 1.29 is 14.3 Å². The van der Waals surface area contributed by atoms with Crippen LogP contribution in [0.15, 0.2) is 0 Å².